The molecule has 0 unspecified atom stereocenters. The van der Waals surface area contributed by atoms with Crippen molar-refractivity contribution in [3.05, 3.63) is 65.6 Å². The van der Waals surface area contributed by atoms with Crippen LogP contribution in [0.5, 0.6) is 0 Å². The fourth-order valence-corrected chi connectivity index (χ4v) is 5.00. The van der Waals surface area contributed by atoms with Crippen molar-refractivity contribution in [3.8, 4) is 10.4 Å². The van der Waals surface area contributed by atoms with E-state index in [1.165, 1.54) is 11.3 Å². The van der Waals surface area contributed by atoms with E-state index in [9.17, 15) is 9.59 Å². The molecule has 1 aliphatic rings. The van der Waals surface area contributed by atoms with Gasteiger partial charge in [0.05, 0.1) is 38.1 Å². The van der Waals surface area contributed by atoms with Gasteiger partial charge in [-0.3, -0.25) is 14.5 Å². The molecule has 0 radical (unpaired) electrons. The zero-order valence-electron chi connectivity index (χ0n) is 18.3. The average Bonchev–Trinajstić information content (AvgIpc) is 3.42. The van der Waals surface area contributed by atoms with E-state index in [0.29, 0.717) is 43.4 Å². The molecule has 0 spiro atoms. The van der Waals surface area contributed by atoms with Crippen molar-refractivity contribution in [1.29, 1.82) is 0 Å². The summed E-state index contributed by atoms with van der Waals surface area (Å²) >= 11 is 1.44. The van der Waals surface area contributed by atoms with E-state index in [2.05, 4.69) is 5.32 Å². The molecule has 2 aromatic heterocycles. The van der Waals surface area contributed by atoms with Crippen LogP contribution in [0.1, 0.15) is 21.7 Å². The minimum Gasteiger partial charge on any atom is -0.468 e. The second-order valence-corrected chi connectivity index (χ2v) is 8.85. The number of nitrogens with one attached hydrogen (secondary N) is 1. The number of carbonyl (C=O) groups is 2. The summed E-state index contributed by atoms with van der Waals surface area (Å²) < 4.78 is 10.8. The lowest BCUT2D eigenvalue weighted by atomic mass is 10.1. The number of ether oxygens (including phenoxy) is 1. The van der Waals surface area contributed by atoms with E-state index in [-0.39, 0.29) is 18.4 Å². The van der Waals surface area contributed by atoms with E-state index in [1.807, 2.05) is 61.3 Å². The Balaban J connectivity index is 1.57. The summed E-state index contributed by atoms with van der Waals surface area (Å²) in [4.78, 5) is 30.9. The maximum atomic E-state index is 13.4. The fraction of sp³-hybridized carbons (Fsp3) is 0.333. The number of furan rings is 1. The van der Waals surface area contributed by atoms with Gasteiger partial charge in [-0.2, -0.15) is 0 Å². The second-order valence-electron chi connectivity index (χ2n) is 7.83. The van der Waals surface area contributed by atoms with E-state index in [0.717, 1.165) is 21.8 Å². The minimum absolute atomic E-state index is 0.0662. The summed E-state index contributed by atoms with van der Waals surface area (Å²) in [6.07, 6.45) is 1.62. The van der Waals surface area contributed by atoms with E-state index in [4.69, 9.17) is 9.15 Å². The van der Waals surface area contributed by atoms with E-state index >= 15 is 0 Å². The molecule has 7 nitrogen and oxygen atoms in total. The third-order valence-electron chi connectivity index (χ3n) is 5.37. The van der Waals surface area contributed by atoms with Crippen LogP contribution in [0.2, 0.25) is 0 Å². The number of morpholine rings is 1. The van der Waals surface area contributed by atoms with Gasteiger partial charge >= 0.3 is 0 Å². The molecule has 3 aromatic rings. The Hall–Kier alpha value is -2.94. The van der Waals surface area contributed by atoms with Crippen LogP contribution in [0.4, 0.5) is 5.00 Å². The molecule has 4 rings (SSSR count). The molecule has 32 heavy (non-hydrogen) atoms. The molecule has 3 heterocycles. The van der Waals surface area contributed by atoms with Crippen molar-refractivity contribution >= 4 is 28.2 Å². The largest absolute Gasteiger partial charge is 0.468 e. The normalized spacial score (nSPS) is 14.0. The fourth-order valence-electron chi connectivity index (χ4n) is 3.78. The van der Waals surface area contributed by atoms with Crippen LogP contribution in [0.3, 0.4) is 0 Å². The number of amides is 2. The first kappa shape index (κ1) is 22.3. The first-order valence-corrected chi connectivity index (χ1v) is 11.4. The Morgan fingerprint density at radius 3 is 2.56 bits per heavy atom. The Bertz CT molecular complexity index is 1060. The highest BCUT2D eigenvalue weighted by molar-refractivity contribution is 7.20. The Labute approximate surface area is 191 Å². The summed E-state index contributed by atoms with van der Waals surface area (Å²) in [5.41, 5.74) is 2.48. The first-order valence-electron chi connectivity index (χ1n) is 10.6. The quantitative estimate of drug-likeness (QED) is 0.588. The predicted molar refractivity (Wildman–Crippen MR) is 125 cm³/mol. The number of anilines is 1. The van der Waals surface area contributed by atoms with Crippen LogP contribution in [-0.4, -0.2) is 61.5 Å². The van der Waals surface area contributed by atoms with Crippen molar-refractivity contribution < 1.29 is 18.7 Å². The summed E-state index contributed by atoms with van der Waals surface area (Å²) in [5.74, 6) is 0.557. The van der Waals surface area contributed by atoms with Crippen molar-refractivity contribution in [2.24, 2.45) is 0 Å². The third kappa shape index (κ3) is 5.09. The highest BCUT2D eigenvalue weighted by Gasteiger charge is 2.28. The molecule has 1 saturated heterocycles. The van der Waals surface area contributed by atoms with Crippen molar-refractivity contribution in [2.75, 3.05) is 45.2 Å². The lowest BCUT2D eigenvalue weighted by Crippen LogP contribution is -2.41. The Morgan fingerprint density at radius 2 is 1.88 bits per heavy atom. The summed E-state index contributed by atoms with van der Waals surface area (Å²) in [5, 5.41) is 3.59. The van der Waals surface area contributed by atoms with Crippen LogP contribution in [0.25, 0.3) is 10.4 Å². The minimum atomic E-state index is -0.170. The van der Waals surface area contributed by atoms with Crippen molar-refractivity contribution in [2.45, 2.75) is 13.5 Å². The summed E-state index contributed by atoms with van der Waals surface area (Å²) in [6.45, 7) is 4.81. The molecular formula is C24H27N3O4S. The van der Waals surface area contributed by atoms with Crippen molar-refractivity contribution in [3.63, 3.8) is 0 Å². The van der Waals surface area contributed by atoms with Gasteiger partial charge < -0.3 is 19.4 Å². The molecule has 1 aliphatic heterocycles. The van der Waals surface area contributed by atoms with Crippen LogP contribution < -0.4 is 5.32 Å². The number of hydrogen-bond acceptors (Lipinski definition) is 6. The van der Waals surface area contributed by atoms with Gasteiger partial charge in [0, 0.05) is 18.0 Å². The zero-order valence-corrected chi connectivity index (χ0v) is 19.1. The molecule has 2 amide bonds. The van der Waals surface area contributed by atoms with Gasteiger partial charge in [-0.05, 0) is 37.2 Å². The lowest BCUT2D eigenvalue weighted by Gasteiger charge is -2.27. The van der Waals surface area contributed by atoms with Crippen LogP contribution in [0, 0.1) is 6.92 Å². The maximum Gasteiger partial charge on any atom is 0.257 e. The van der Waals surface area contributed by atoms with E-state index < -0.39 is 0 Å². The summed E-state index contributed by atoms with van der Waals surface area (Å²) in [7, 11) is 1.86. The molecule has 1 N–H and O–H groups in total. The molecular weight excluding hydrogens is 426 g/mol. The molecule has 168 valence electrons. The third-order valence-corrected chi connectivity index (χ3v) is 6.62. The topological polar surface area (TPSA) is 75.0 Å². The summed E-state index contributed by atoms with van der Waals surface area (Å²) in [6, 6.07) is 13.6. The van der Waals surface area contributed by atoms with Crippen LogP contribution >= 0.6 is 11.3 Å². The molecule has 0 aliphatic carbocycles. The molecule has 0 bridgehead atoms. The number of likely N-dealkylation sites (N-methyl/N-ethyl adjacent to an activating group) is 1. The monoisotopic (exact) mass is 453 g/mol. The maximum absolute atomic E-state index is 13.4. The Kier molecular flexibility index (Phi) is 7.04. The highest BCUT2D eigenvalue weighted by Crippen LogP contribution is 2.40. The number of hydrogen-bond donors (Lipinski definition) is 1. The van der Waals surface area contributed by atoms with Gasteiger partial charge in [0.15, 0.2) is 0 Å². The van der Waals surface area contributed by atoms with Gasteiger partial charge in [0.25, 0.3) is 5.91 Å². The first-order chi connectivity index (χ1) is 15.5. The van der Waals surface area contributed by atoms with Crippen molar-refractivity contribution in [1.82, 2.24) is 9.80 Å². The molecule has 0 atom stereocenters. The van der Waals surface area contributed by atoms with E-state index in [1.54, 1.807) is 11.2 Å². The van der Waals surface area contributed by atoms with Crippen LogP contribution in [-0.2, 0) is 16.1 Å². The van der Waals surface area contributed by atoms with Crippen LogP contribution in [0.15, 0.2) is 53.1 Å². The number of benzene rings is 1. The highest BCUT2D eigenvalue weighted by atomic mass is 32.1. The molecule has 8 heteroatoms. The predicted octanol–water partition coefficient (Wildman–Crippen LogP) is 3.86. The molecule has 0 saturated carbocycles. The molecule has 1 aromatic carbocycles. The number of carbonyl (C=O) groups excluding carboxylic acids is 2. The number of rotatable bonds is 7. The average molecular weight is 454 g/mol. The van der Waals surface area contributed by atoms with Gasteiger partial charge in [0.2, 0.25) is 5.91 Å². The SMILES string of the molecule is Cc1c(-c2ccccc2)sc(NC(=O)CN(C)Cc2ccco2)c1C(=O)N1CCOCC1. The van der Waals surface area contributed by atoms with Gasteiger partial charge in [-0.15, -0.1) is 11.3 Å². The smallest absolute Gasteiger partial charge is 0.257 e. The van der Waals surface area contributed by atoms with Gasteiger partial charge in [-0.25, -0.2) is 0 Å². The second kappa shape index (κ2) is 10.1. The standard InChI is InChI=1S/C24H27N3O4S/c1-17-21(24(29)27-10-13-30-14-11-27)23(32-22(17)18-7-4-3-5-8-18)25-20(28)16-26(2)15-19-9-6-12-31-19/h3-9,12H,10-11,13-16H2,1-2H3,(H,25,28). The Morgan fingerprint density at radius 1 is 1.12 bits per heavy atom. The zero-order chi connectivity index (χ0) is 22.5. The molecule has 1 fully saturated rings. The van der Waals surface area contributed by atoms with Gasteiger partial charge in [0.1, 0.15) is 10.8 Å². The lowest BCUT2D eigenvalue weighted by molar-refractivity contribution is -0.117. The number of thiophene rings is 1. The van der Waals surface area contributed by atoms with Gasteiger partial charge in [-0.1, -0.05) is 30.3 Å². The number of nitrogens with zero attached hydrogens (tertiary/aromatic N) is 2.